The Morgan fingerprint density at radius 3 is 2.03 bits per heavy atom. The molecule has 0 saturated carbocycles. The second kappa shape index (κ2) is 7.46. The van der Waals surface area contributed by atoms with Crippen LogP contribution in [0.25, 0.3) is 0 Å². The molecular weight excluding hydrogens is 408 g/mol. The number of rotatable bonds is 4. The topological polar surface area (TPSA) is 104 Å². The van der Waals surface area contributed by atoms with E-state index in [1.165, 1.54) is 42.5 Å². The van der Waals surface area contributed by atoms with Crippen molar-refractivity contribution in [1.82, 2.24) is 0 Å². The molecule has 0 atom stereocenters. The van der Waals surface area contributed by atoms with Crippen LogP contribution in [-0.2, 0) is 0 Å². The fraction of sp³-hybridized carbons (Fsp3) is 0. The predicted octanol–water partition coefficient (Wildman–Crippen LogP) is 4.09. The van der Waals surface area contributed by atoms with E-state index < -0.39 is 23.7 Å². The minimum Gasteiger partial charge on any atom is -0.478 e. The number of carboxylic acids is 1. The third-order valence-corrected chi connectivity index (χ3v) is 4.88. The molecule has 2 N–H and O–H groups in total. The SMILES string of the molecule is O=C(Nc1cc(Cl)ccc1C(=O)O)c1ccc(N2C(=O)c3ccccc3C2=O)cc1. The Morgan fingerprint density at radius 1 is 0.867 bits per heavy atom. The average Bonchev–Trinajstić information content (AvgIpc) is 2.98. The van der Waals surface area contributed by atoms with Gasteiger partial charge in [0.2, 0.25) is 0 Å². The quantitative estimate of drug-likeness (QED) is 0.618. The molecule has 3 amide bonds. The Bertz CT molecular complexity index is 1190. The van der Waals surface area contributed by atoms with Crippen LogP contribution in [0.15, 0.2) is 66.7 Å². The van der Waals surface area contributed by atoms with Gasteiger partial charge in [-0.3, -0.25) is 14.4 Å². The van der Waals surface area contributed by atoms with Gasteiger partial charge in [-0.1, -0.05) is 23.7 Å². The van der Waals surface area contributed by atoms with E-state index in [2.05, 4.69) is 5.32 Å². The van der Waals surface area contributed by atoms with Gasteiger partial charge < -0.3 is 10.4 Å². The molecular formula is C22H13ClN2O5. The number of nitrogens with zero attached hydrogens (tertiary/aromatic N) is 1. The van der Waals surface area contributed by atoms with Crippen LogP contribution in [-0.4, -0.2) is 28.8 Å². The fourth-order valence-electron chi connectivity index (χ4n) is 3.19. The van der Waals surface area contributed by atoms with Gasteiger partial charge in [-0.05, 0) is 54.6 Å². The number of amides is 3. The lowest BCUT2D eigenvalue weighted by atomic mass is 10.1. The van der Waals surface area contributed by atoms with Crippen LogP contribution in [0, 0.1) is 0 Å². The molecule has 0 bridgehead atoms. The number of fused-ring (bicyclic) bond motifs is 1. The van der Waals surface area contributed by atoms with Gasteiger partial charge in [0.15, 0.2) is 0 Å². The number of aromatic carboxylic acids is 1. The first-order valence-electron chi connectivity index (χ1n) is 8.79. The van der Waals surface area contributed by atoms with Crippen LogP contribution in [0.1, 0.15) is 41.4 Å². The monoisotopic (exact) mass is 420 g/mol. The Kier molecular flexibility index (Phi) is 4.81. The van der Waals surface area contributed by atoms with E-state index in [-0.39, 0.29) is 21.8 Å². The van der Waals surface area contributed by atoms with Gasteiger partial charge in [-0.15, -0.1) is 0 Å². The first-order chi connectivity index (χ1) is 14.4. The summed E-state index contributed by atoms with van der Waals surface area (Å²) in [7, 11) is 0. The number of benzene rings is 3. The first kappa shape index (κ1) is 19.4. The largest absolute Gasteiger partial charge is 0.478 e. The number of halogens is 1. The zero-order valence-corrected chi connectivity index (χ0v) is 16.0. The van der Waals surface area contributed by atoms with E-state index in [4.69, 9.17) is 11.6 Å². The zero-order valence-electron chi connectivity index (χ0n) is 15.3. The lowest BCUT2D eigenvalue weighted by Crippen LogP contribution is -2.29. The highest BCUT2D eigenvalue weighted by atomic mass is 35.5. The second-order valence-corrected chi connectivity index (χ2v) is 6.92. The molecule has 0 aliphatic carbocycles. The molecule has 7 nitrogen and oxygen atoms in total. The number of carboxylic acid groups (broad SMARTS) is 1. The third kappa shape index (κ3) is 3.31. The normalized spacial score (nSPS) is 12.6. The second-order valence-electron chi connectivity index (χ2n) is 6.49. The van der Waals surface area contributed by atoms with Gasteiger partial charge in [0.05, 0.1) is 28.1 Å². The van der Waals surface area contributed by atoms with Crippen molar-refractivity contribution in [2.45, 2.75) is 0 Å². The van der Waals surface area contributed by atoms with Crippen LogP contribution < -0.4 is 10.2 Å². The summed E-state index contributed by atoms with van der Waals surface area (Å²) < 4.78 is 0. The molecule has 8 heteroatoms. The highest BCUT2D eigenvalue weighted by Crippen LogP contribution is 2.28. The number of anilines is 2. The average molecular weight is 421 g/mol. The van der Waals surface area contributed by atoms with Crippen molar-refractivity contribution in [1.29, 1.82) is 0 Å². The van der Waals surface area contributed by atoms with Gasteiger partial charge in [0, 0.05) is 10.6 Å². The molecule has 0 saturated heterocycles. The van der Waals surface area contributed by atoms with Gasteiger partial charge in [-0.2, -0.15) is 0 Å². The Morgan fingerprint density at radius 2 is 1.47 bits per heavy atom. The van der Waals surface area contributed by atoms with Crippen molar-refractivity contribution in [3.63, 3.8) is 0 Å². The van der Waals surface area contributed by atoms with Crippen molar-refractivity contribution in [3.05, 3.63) is 94.0 Å². The van der Waals surface area contributed by atoms with Crippen LogP contribution in [0.4, 0.5) is 11.4 Å². The maximum Gasteiger partial charge on any atom is 0.337 e. The van der Waals surface area contributed by atoms with Gasteiger partial charge in [0.1, 0.15) is 0 Å². The third-order valence-electron chi connectivity index (χ3n) is 4.64. The zero-order chi connectivity index (χ0) is 21.4. The highest BCUT2D eigenvalue weighted by Gasteiger charge is 2.36. The minimum absolute atomic E-state index is 0.0597. The standard InChI is InChI=1S/C22H13ClN2O5/c23-13-7-10-17(22(29)30)18(11-13)24-19(26)12-5-8-14(9-6-12)25-20(27)15-3-1-2-4-16(15)21(25)28/h1-11H,(H,24,26)(H,29,30). The molecule has 3 aromatic rings. The highest BCUT2D eigenvalue weighted by molar-refractivity contribution is 6.34. The number of nitrogens with one attached hydrogen (secondary N) is 1. The molecule has 1 heterocycles. The molecule has 1 aliphatic rings. The maximum atomic E-state index is 12.6. The predicted molar refractivity (Wildman–Crippen MR) is 110 cm³/mol. The molecule has 0 fully saturated rings. The van der Waals surface area contributed by atoms with E-state index in [1.54, 1.807) is 24.3 Å². The smallest absolute Gasteiger partial charge is 0.337 e. The number of carbonyl (C=O) groups excluding carboxylic acids is 3. The molecule has 30 heavy (non-hydrogen) atoms. The summed E-state index contributed by atoms with van der Waals surface area (Å²) in [6.07, 6.45) is 0. The summed E-state index contributed by atoms with van der Waals surface area (Å²) in [5.74, 6) is -2.63. The summed E-state index contributed by atoms with van der Waals surface area (Å²) >= 11 is 5.90. The van der Waals surface area contributed by atoms with E-state index in [0.29, 0.717) is 16.8 Å². The van der Waals surface area contributed by atoms with Gasteiger partial charge in [0.25, 0.3) is 17.7 Å². The molecule has 0 unspecified atom stereocenters. The lowest BCUT2D eigenvalue weighted by Gasteiger charge is -2.14. The molecule has 0 aromatic heterocycles. The fourth-order valence-corrected chi connectivity index (χ4v) is 3.36. The van der Waals surface area contributed by atoms with Gasteiger partial charge >= 0.3 is 5.97 Å². The first-order valence-corrected chi connectivity index (χ1v) is 9.16. The number of hydrogen-bond donors (Lipinski definition) is 2. The maximum absolute atomic E-state index is 12.6. The molecule has 0 radical (unpaired) electrons. The molecule has 148 valence electrons. The van der Waals surface area contributed by atoms with Crippen molar-refractivity contribution >= 4 is 46.7 Å². The van der Waals surface area contributed by atoms with Crippen molar-refractivity contribution < 1.29 is 24.3 Å². The van der Waals surface area contributed by atoms with Crippen molar-refractivity contribution in [3.8, 4) is 0 Å². The molecule has 3 aromatic carbocycles. The Balaban J connectivity index is 1.57. The van der Waals surface area contributed by atoms with E-state index >= 15 is 0 Å². The van der Waals surface area contributed by atoms with Crippen LogP contribution >= 0.6 is 11.6 Å². The van der Waals surface area contributed by atoms with E-state index in [0.717, 1.165) is 4.90 Å². The van der Waals surface area contributed by atoms with Crippen LogP contribution in [0.2, 0.25) is 5.02 Å². The number of hydrogen-bond acceptors (Lipinski definition) is 4. The summed E-state index contributed by atoms with van der Waals surface area (Å²) in [5, 5.41) is 12.1. The Labute approximate surface area is 175 Å². The van der Waals surface area contributed by atoms with Gasteiger partial charge in [-0.25, -0.2) is 9.69 Å². The van der Waals surface area contributed by atoms with Crippen molar-refractivity contribution in [2.75, 3.05) is 10.2 Å². The van der Waals surface area contributed by atoms with Crippen molar-refractivity contribution in [2.24, 2.45) is 0 Å². The summed E-state index contributed by atoms with van der Waals surface area (Å²) in [6.45, 7) is 0. The summed E-state index contributed by atoms with van der Waals surface area (Å²) in [6, 6.07) is 16.4. The number of carbonyl (C=O) groups is 4. The number of imide groups is 1. The molecule has 1 aliphatic heterocycles. The molecule has 4 rings (SSSR count). The summed E-state index contributed by atoms with van der Waals surface area (Å²) in [5.41, 5.74) is 1.15. The lowest BCUT2D eigenvalue weighted by molar-refractivity contribution is 0.0697. The van der Waals surface area contributed by atoms with E-state index in [9.17, 15) is 24.3 Å². The Hall–Kier alpha value is -3.97. The van der Waals surface area contributed by atoms with Crippen LogP contribution in [0.5, 0.6) is 0 Å². The summed E-state index contributed by atoms with van der Waals surface area (Å²) in [4.78, 5) is 50.0. The minimum atomic E-state index is -1.21. The van der Waals surface area contributed by atoms with E-state index in [1.807, 2.05) is 0 Å². The van der Waals surface area contributed by atoms with Crippen LogP contribution in [0.3, 0.4) is 0 Å². The molecule has 0 spiro atoms.